The summed E-state index contributed by atoms with van der Waals surface area (Å²) in [6.45, 7) is 1.48. The Morgan fingerprint density at radius 2 is 2.24 bits per heavy atom. The molecule has 9 heteroatoms. The van der Waals surface area contributed by atoms with Crippen molar-refractivity contribution in [1.82, 2.24) is 4.57 Å². The Kier molecular flexibility index (Phi) is 4.13. The van der Waals surface area contributed by atoms with E-state index in [1.54, 1.807) is 12.3 Å². The van der Waals surface area contributed by atoms with Crippen LogP contribution in [-0.2, 0) is 11.3 Å². The number of carbonyl (C=O) groups is 1. The van der Waals surface area contributed by atoms with Crippen LogP contribution < -0.4 is 10.2 Å². The van der Waals surface area contributed by atoms with Crippen LogP contribution in [0.4, 0.5) is 15.8 Å². The number of aromatic nitrogens is 1. The van der Waals surface area contributed by atoms with Gasteiger partial charge in [-0.15, -0.1) is 0 Å². The van der Waals surface area contributed by atoms with Gasteiger partial charge in [-0.05, 0) is 19.1 Å². The van der Waals surface area contributed by atoms with Crippen molar-refractivity contribution in [3.63, 3.8) is 0 Å². The highest BCUT2D eigenvalue weighted by atomic mass is 32.1. The molecular weight excluding hydrogens is 301 g/mol. The molecule has 21 heavy (non-hydrogen) atoms. The summed E-state index contributed by atoms with van der Waals surface area (Å²) in [7, 11) is 0. The zero-order valence-electron chi connectivity index (χ0n) is 10.8. The van der Waals surface area contributed by atoms with Crippen LogP contribution in [0.25, 0.3) is 0 Å². The molecule has 0 aliphatic carbocycles. The third kappa shape index (κ3) is 3.31. The van der Waals surface area contributed by atoms with Crippen LogP contribution >= 0.6 is 11.3 Å². The lowest BCUT2D eigenvalue weighted by Gasteiger charge is -2.07. The highest BCUT2D eigenvalue weighted by Gasteiger charge is 2.16. The number of thiazole rings is 1. The number of carbonyl (C=O) groups excluding carboxylic acids is 1. The topological polar surface area (TPSA) is 94.2 Å². The van der Waals surface area contributed by atoms with Crippen molar-refractivity contribution < 1.29 is 14.1 Å². The molecule has 110 valence electrons. The lowest BCUT2D eigenvalue weighted by molar-refractivity contribution is -0.387. The molecular formula is C12H10FN3O4S. The van der Waals surface area contributed by atoms with Gasteiger partial charge < -0.3 is 5.32 Å². The lowest BCUT2D eigenvalue weighted by atomic mass is 10.2. The maximum atomic E-state index is 13.2. The minimum atomic E-state index is -0.983. The van der Waals surface area contributed by atoms with Crippen LogP contribution in [0.3, 0.4) is 0 Å². The number of rotatable bonds is 4. The largest absolute Gasteiger partial charge is 0.324 e. The van der Waals surface area contributed by atoms with Crippen molar-refractivity contribution in [2.45, 2.75) is 13.5 Å². The number of benzene rings is 1. The molecule has 1 aromatic carbocycles. The minimum absolute atomic E-state index is 0.0917. The highest BCUT2D eigenvalue weighted by Crippen LogP contribution is 2.21. The van der Waals surface area contributed by atoms with Gasteiger partial charge in [0.1, 0.15) is 6.54 Å². The lowest BCUT2D eigenvalue weighted by Crippen LogP contribution is -2.25. The minimum Gasteiger partial charge on any atom is -0.324 e. The molecule has 0 atom stereocenters. The van der Waals surface area contributed by atoms with E-state index >= 15 is 0 Å². The number of hydrogen-bond donors (Lipinski definition) is 1. The van der Waals surface area contributed by atoms with E-state index in [9.17, 15) is 24.1 Å². The first kappa shape index (κ1) is 14.9. The molecule has 1 amide bonds. The monoisotopic (exact) mass is 311 g/mol. The zero-order chi connectivity index (χ0) is 15.6. The van der Waals surface area contributed by atoms with Gasteiger partial charge in [0.15, 0.2) is 0 Å². The van der Waals surface area contributed by atoms with Crippen molar-refractivity contribution in [1.29, 1.82) is 0 Å². The molecule has 2 rings (SSSR count). The summed E-state index contributed by atoms with van der Waals surface area (Å²) in [4.78, 5) is 32.8. The van der Waals surface area contributed by atoms with E-state index in [-0.39, 0.29) is 17.1 Å². The number of aryl methyl sites for hydroxylation is 1. The maximum absolute atomic E-state index is 13.2. The molecule has 0 bridgehead atoms. The summed E-state index contributed by atoms with van der Waals surface area (Å²) in [5, 5.41) is 14.6. The average Bonchev–Trinajstić information content (AvgIpc) is 2.72. The van der Waals surface area contributed by atoms with E-state index in [2.05, 4.69) is 5.32 Å². The molecule has 1 aromatic heterocycles. The average molecular weight is 311 g/mol. The smallest absolute Gasteiger partial charge is 0.307 e. The third-order valence-electron chi connectivity index (χ3n) is 2.70. The van der Waals surface area contributed by atoms with E-state index in [1.807, 2.05) is 0 Å². The second kappa shape index (κ2) is 5.83. The number of nitro benzene ring substituents is 1. The van der Waals surface area contributed by atoms with E-state index in [1.165, 1.54) is 10.6 Å². The second-order valence-electron chi connectivity index (χ2n) is 4.20. The first-order chi connectivity index (χ1) is 9.88. The number of halogens is 1. The highest BCUT2D eigenvalue weighted by molar-refractivity contribution is 7.07. The fourth-order valence-corrected chi connectivity index (χ4v) is 2.41. The van der Waals surface area contributed by atoms with E-state index in [4.69, 9.17) is 0 Å². The molecule has 0 radical (unpaired) electrons. The number of nitrogens with one attached hydrogen (secondary N) is 1. The van der Waals surface area contributed by atoms with Gasteiger partial charge in [-0.25, -0.2) is 0 Å². The van der Waals surface area contributed by atoms with Crippen molar-refractivity contribution in [3.8, 4) is 0 Å². The Bertz CT molecular complexity index is 768. The number of nitro groups is 1. The van der Waals surface area contributed by atoms with Gasteiger partial charge in [0.25, 0.3) is 0 Å². The normalized spacial score (nSPS) is 10.4. The van der Waals surface area contributed by atoms with Gasteiger partial charge >= 0.3 is 10.6 Å². The number of anilines is 1. The predicted molar refractivity (Wildman–Crippen MR) is 75.0 cm³/mol. The molecule has 0 aliphatic heterocycles. The Balaban J connectivity index is 2.15. The Labute approximate surface area is 121 Å². The molecule has 0 fully saturated rings. The fraction of sp³-hybridized carbons (Fsp3) is 0.167. The number of nitrogens with zero attached hydrogens (tertiary/aromatic N) is 2. The Morgan fingerprint density at radius 1 is 1.52 bits per heavy atom. The van der Waals surface area contributed by atoms with Gasteiger partial charge in [0.05, 0.1) is 4.92 Å². The molecule has 7 nitrogen and oxygen atoms in total. The van der Waals surface area contributed by atoms with E-state index in [0.717, 1.165) is 23.5 Å². The second-order valence-corrected chi connectivity index (χ2v) is 5.02. The zero-order valence-corrected chi connectivity index (χ0v) is 11.6. The van der Waals surface area contributed by atoms with Crippen molar-refractivity contribution in [2.75, 3.05) is 5.32 Å². The maximum Gasteiger partial charge on any atom is 0.307 e. The van der Waals surface area contributed by atoms with Crippen LogP contribution in [0, 0.1) is 22.9 Å². The molecule has 2 aromatic rings. The number of amides is 1. The van der Waals surface area contributed by atoms with Crippen LogP contribution in [0.15, 0.2) is 28.4 Å². The van der Waals surface area contributed by atoms with E-state index < -0.39 is 22.3 Å². The van der Waals surface area contributed by atoms with Gasteiger partial charge in [0.2, 0.25) is 11.7 Å². The molecule has 0 spiro atoms. The SMILES string of the molecule is Cc1csc(=O)n1CC(=O)Nc1ccc(F)c([N+](=O)[O-])c1. The van der Waals surface area contributed by atoms with Gasteiger partial charge in [-0.2, -0.15) is 4.39 Å². The first-order valence-corrected chi connectivity index (χ1v) is 6.65. The van der Waals surface area contributed by atoms with Gasteiger partial charge in [-0.1, -0.05) is 11.3 Å². The summed E-state index contributed by atoms with van der Waals surface area (Å²) in [6, 6.07) is 3.04. The van der Waals surface area contributed by atoms with Crippen molar-refractivity contribution in [3.05, 3.63) is 54.9 Å². The molecule has 0 saturated heterocycles. The summed E-state index contributed by atoms with van der Waals surface area (Å²) < 4.78 is 14.4. The van der Waals surface area contributed by atoms with Crippen LogP contribution in [0.2, 0.25) is 0 Å². The van der Waals surface area contributed by atoms with Crippen LogP contribution in [0.5, 0.6) is 0 Å². The third-order valence-corrected chi connectivity index (χ3v) is 3.59. The Morgan fingerprint density at radius 3 is 2.81 bits per heavy atom. The summed E-state index contributed by atoms with van der Waals surface area (Å²) in [6.07, 6.45) is 0. The summed E-state index contributed by atoms with van der Waals surface area (Å²) in [5.41, 5.74) is 0.0101. The van der Waals surface area contributed by atoms with E-state index in [0.29, 0.717) is 5.69 Å². The quantitative estimate of drug-likeness (QED) is 0.689. The fourth-order valence-electron chi connectivity index (χ4n) is 1.67. The summed E-state index contributed by atoms with van der Waals surface area (Å²) >= 11 is 0.976. The molecule has 0 saturated carbocycles. The predicted octanol–water partition coefficient (Wildman–Crippen LogP) is 1.90. The van der Waals surface area contributed by atoms with Crippen molar-refractivity contribution >= 4 is 28.6 Å². The first-order valence-electron chi connectivity index (χ1n) is 5.77. The van der Waals surface area contributed by atoms with Crippen molar-refractivity contribution in [2.24, 2.45) is 0 Å². The van der Waals surface area contributed by atoms with Crippen LogP contribution in [-0.4, -0.2) is 15.4 Å². The summed E-state index contributed by atoms with van der Waals surface area (Å²) in [5.74, 6) is -1.51. The van der Waals surface area contributed by atoms with Gasteiger partial charge in [0, 0.05) is 22.8 Å². The molecule has 1 N–H and O–H groups in total. The van der Waals surface area contributed by atoms with Gasteiger partial charge in [-0.3, -0.25) is 24.3 Å². The van der Waals surface area contributed by atoms with Crippen LogP contribution in [0.1, 0.15) is 5.69 Å². The number of hydrogen-bond acceptors (Lipinski definition) is 5. The molecule has 0 unspecified atom stereocenters. The molecule has 1 heterocycles. The standard InChI is InChI=1S/C12H10FN3O4S/c1-7-6-21-12(18)15(7)5-11(17)14-8-2-3-9(13)10(4-8)16(19)20/h2-4,6H,5H2,1H3,(H,14,17). The Hall–Kier alpha value is -2.55. The molecule has 0 aliphatic rings.